The van der Waals surface area contributed by atoms with Crippen molar-refractivity contribution in [3.8, 4) is 0 Å². The van der Waals surface area contributed by atoms with Crippen LogP contribution in [0.4, 0.5) is 5.82 Å². The average Bonchev–Trinajstić information content (AvgIpc) is 2.86. The lowest BCUT2D eigenvalue weighted by Gasteiger charge is -1.98. The van der Waals surface area contributed by atoms with E-state index in [1.807, 2.05) is 13.8 Å². The summed E-state index contributed by atoms with van der Waals surface area (Å²) in [5, 5.41) is 9.50. The lowest BCUT2D eigenvalue weighted by Crippen LogP contribution is -2.12. The van der Waals surface area contributed by atoms with Gasteiger partial charge < -0.3 is 9.73 Å². The Morgan fingerprint density at radius 1 is 1.53 bits per heavy atom. The maximum Gasteiger partial charge on any atom is 0.294 e. The molecule has 0 spiro atoms. The molecule has 2 N–H and O–H groups in total. The Kier molecular flexibility index (Phi) is 2.95. The summed E-state index contributed by atoms with van der Waals surface area (Å²) < 4.78 is 4.99. The van der Waals surface area contributed by atoms with Gasteiger partial charge in [0, 0.05) is 11.8 Å². The van der Waals surface area contributed by atoms with E-state index in [4.69, 9.17) is 4.42 Å². The van der Waals surface area contributed by atoms with E-state index >= 15 is 0 Å². The molecule has 0 saturated heterocycles. The molecular formula is C11H14N4O2. The summed E-state index contributed by atoms with van der Waals surface area (Å²) >= 11 is 0. The number of hydrogen-bond donors (Lipinski definition) is 2. The van der Waals surface area contributed by atoms with Gasteiger partial charge in [-0.15, -0.1) is 0 Å². The number of anilines is 1. The van der Waals surface area contributed by atoms with Crippen molar-refractivity contribution in [3.63, 3.8) is 0 Å². The predicted molar refractivity (Wildman–Crippen MR) is 61.9 cm³/mol. The summed E-state index contributed by atoms with van der Waals surface area (Å²) in [5.41, 5.74) is 1.52. The summed E-state index contributed by atoms with van der Waals surface area (Å²) in [4.78, 5) is 15.6. The van der Waals surface area contributed by atoms with Gasteiger partial charge in [-0.25, -0.2) is 4.98 Å². The molecule has 17 heavy (non-hydrogen) atoms. The van der Waals surface area contributed by atoms with Gasteiger partial charge in [0.25, 0.3) is 5.91 Å². The summed E-state index contributed by atoms with van der Waals surface area (Å²) in [6.07, 6.45) is 1.24. The molecule has 0 atom stereocenters. The number of nitrogens with one attached hydrogen (secondary N) is 2. The Bertz CT molecular complexity index is 527. The van der Waals surface area contributed by atoms with E-state index in [-0.39, 0.29) is 11.7 Å². The molecular weight excluding hydrogens is 220 g/mol. The molecule has 2 aromatic heterocycles. The van der Waals surface area contributed by atoms with Crippen LogP contribution in [0.3, 0.4) is 0 Å². The number of aryl methyl sites for hydroxylation is 1. The van der Waals surface area contributed by atoms with Crippen molar-refractivity contribution in [2.45, 2.75) is 26.7 Å². The van der Waals surface area contributed by atoms with Crippen LogP contribution >= 0.6 is 0 Å². The monoisotopic (exact) mass is 234 g/mol. The van der Waals surface area contributed by atoms with Crippen molar-refractivity contribution in [3.05, 3.63) is 29.6 Å². The number of oxazole rings is 1. The van der Waals surface area contributed by atoms with Gasteiger partial charge in [0.15, 0.2) is 12.2 Å². The number of rotatable bonds is 3. The third-order valence-corrected chi connectivity index (χ3v) is 2.41. The van der Waals surface area contributed by atoms with E-state index in [1.54, 1.807) is 13.0 Å². The van der Waals surface area contributed by atoms with Gasteiger partial charge >= 0.3 is 0 Å². The minimum atomic E-state index is -0.346. The largest absolute Gasteiger partial charge is 0.438 e. The van der Waals surface area contributed by atoms with Gasteiger partial charge in [-0.2, -0.15) is 5.10 Å². The molecule has 0 bridgehead atoms. The first-order valence-corrected chi connectivity index (χ1v) is 5.34. The number of H-pyrrole nitrogens is 1. The van der Waals surface area contributed by atoms with Crippen LogP contribution < -0.4 is 5.32 Å². The molecule has 0 radical (unpaired) electrons. The van der Waals surface area contributed by atoms with Crippen molar-refractivity contribution in [2.75, 3.05) is 5.32 Å². The first kappa shape index (κ1) is 11.4. The van der Waals surface area contributed by atoms with E-state index in [9.17, 15) is 4.79 Å². The highest BCUT2D eigenvalue weighted by Crippen LogP contribution is 2.16. The van der Waals surface area contributed by atoms with Crippen molar-refractivity contribution in [1.29, 1.82) is 0 Å². The normalized spacial score (nSPS) is 10.8. The number of aromatic nitrogens is 3. The van der Waals surface area contributed by atoms with Crippen LogP contribution in [-0.4, -0.2) is 21.1 Å². The molecule has 0 aromatic carbocycles. The standard InChI is InChI=1S/C11H14N4O2/c1-6(2)8-4-9(15-14-8)13-11(16)10-7(3)12-5-17-10/h4-6H,1-3H3,(H2,13,14,15,16). The molecule has 0 aliphatic heterocycles. The van der Waals surface area contributed by atoms with Gasteiger partial charge in [-0.1, -0.05) is 13.8 Å². The first-order valence-electron chi connectivity index (χ1n) is 5.34. The highest BCUT2D eigenvalue weighted by atomic mass is 16.3. The molecule has 1 amide bonds. The Labute approximate surface area is 98.4 Å². The van der Waals surface area contributed by atoms with Crippen LogP contribution in [0.25, 0.3) is 0 Å². The number of carbonyl (C=O) groups excluding carboxylic acids is 1. The smallest absolute Gasteiger partial charge is 0.294 e. The van der Waals surface area contributed by atoms with Crippen LogP contribution in [0.1, 0.15) is 41.7 Å². The fraction of sp³-hybridized carbons (Fsp3) is 0.364. The van der Waals surface area contributed by atoms with E-state index in [1.165, 1.54) is 6.39 Å². The summed E-state index contributed by atoms with van der Waals surface area (Å²) in [5.74, 6) is 0.676. The highest BCUT2D eigenvalue weighted by molar-refractivity contribution is 6.02. The fourth-order valence-corrected chi connectivity index (χ4v) is 1.39. The number of nitrogens with zero attached hydrogens (tertiary/aromatic N) is 2. The van der Waals surface area contributed by atoms with Gasteiger partial charge in [0.1, 0.15) is 0 Å². The zero-order valence-electron chi connectivity index (χ0n) is 9.94. The molecule has 0 unspecified atom stereocenters. The molecule has 6 nitrogen and oxygen atoms in total. The van der Waals surface area contributed by atoms with Crippen LogP contribution in [0.2, 0.25) is 0 Å². The van der Waals surface area contributed by atoms with E-state index < -0.39 is 0 Å². The summed E-state index contributed by atoms with van der Waals surface area (Å²) in [6.45, 7) is 5.79. The van der Waals surface area contributed by atoms with Gasteiger partial charge in [0.05, 0.1) is 5.69 Å². The van der Waals surface area contributed by atoms with Crippen molar-refractivity contribution in [2.24, 2.45) is 0 Å². The minimum Gasteiger partial charge on any atom is -0.438 e. The van der Waals surface area contributed by atoms with E-state index in [0.29, 0.717) is 17.4 Å². The quantitative estimate of drug-likeness (QED) is 0.851. The number of aromatic amines is 1. The highest BCUT2D eigenvalue weighted by Gasteiger charge is 2.15. The second-order valence-corrected chi connectivity index (χ2v) is 4.08. The SMILES string of the molecule is Cc1ncoc1C(=O)Nc1cc(C(C)C)[nH]n1. The summed E-state index contributed by atoms with van der Waals surface area (Å²) in [7, 11) is 0. The molecule has 0 aliphatic rings. The number of hydrogen-bond acceptors (Lipinski definition) is 4. The van der Waals surface area contributed by atoms with Crippen LogP contribution in [0, 0.1) is 6.92 Å². The average molecular weight is 234 g/mol. The molecule has 0 fully saturated rings. The summed E-state index contributed by atoms with van der Waals surface area (Å²) in [6, 6.07) is 1.80. The molecule has 0 aliphatic carbocycles. The van der Waals surface area contributed by atoms with Crippen LogP contribution in [-0.2, 0) is 0 Å². The number of carbonyl (C=O) groups is 1. The van der Waals surface area contributed by atoms with Crippen molar-refractivity contribution in [1.82, 2.24) is 15.2 Å². The Morgan fingerprint density at radius 3 is 2.82 bits per heavy atom. The van der Waals surface area contributed by atoms with Crippen molar-refractivity contribution >= 4 is 11.7 Å². The maximum atomic E-state index is 11.8. The molecule has 6 heteroatoms. The van der Waals surface area contributed by atoms with E-state index in [0.717, 1.165) is 5.69 Å². The van der Waals surface area contributed by atoms with E-state index in [2.05, 4.69) is 20.5 Å². The third kappa shape index (κ3) is 2.35. The molecule has 90 valence electrons. The Hall–Kier alpha value is -2.11. The van der Waals surface area contributed by atoms with Crippen molar-refractivity contribution < 1.29 is 9.21 Å². The minimum absolute atomic E-state index is 0.207. The Balaban J connectivity index is 2.11. The van der Waals surface area contributed by atoms with Gasteiger partial charge in [0.2, 0.25) is 5.76 Å². The van der Waals surface area contributed by atoms with Crippen LogP contribution in [0.15, 0.2) is 16.9 Å². The topological polar surface area (TPSA) is 83.8 Å². The third-order valence-electron chi connectivity index (χ3n) is 2.41. The predicted octanol–water partition coefficient (Wildman–Crippen LogP) is 2.08. The second-order valence-electron chi connectivity index (χ2n) is 4.08. The lowest BCUT2D eigenvalue weighted by molar-refractivity contribution is 0.0995. The zero-order valence-corrected chi connectivity index (χ0v) is 9.94. The van der Waals surface area contributed by atoms with Crippen LogP contribution in [0.5, 0.6) is 0 Å². The number of amides is 1. The lowest BCUT2D eigenvalue weighted by atomic mass is 10.1. The molecule has 0 saturated carbocycles. The second kappa shape index (κ2) is 4.40. The maximum absolute atomic E-state index is 11.8. The Morgan fingerprint density at radius 2 is 2.29 bits per heavy atom. The van der Waals surface area contributed by atoms with Gasteiger partial charge in [-0.05, 0) is 12.8 Å². The molecule has 2 heterocycles. The molecule has 2 aromatic rings. The first-order chi connectivity index (χ1) is 8.08. The zero-order chi connectivity index (χ0) is 12.4. The van der Waals surface area contributed by atoms with Gasteiger partial charge in [-0.3, -0.25) is 9.89 Å². The molecule has 2 rings (SSSR count). The fourth-order valence-electron chi connectivity index (χ4n) is 1.39.